The minimum Gasteiger partial charge on any atom is -0.370 e. The predicted octanol–water partition coefficient (Wildman–Crippen LogP) is 3.11. The first kappa shape index (κ1) is 17.4. The van der Waals surface area contributed by atoms with Crippen molar-refractivity contribution in [2.24, 2.45) is 0 Å². The number of piperidine rings is 1. The third-order valence-electron chi connectivity index (χ3n) is 4.25. The number of pyridine rings is 1. The van der Waals surface area contributed by atoms with Crippen molar-refractivity contribution < 1.29 is 13.9 Å². The summed E-state index contributed by atoms with van der Waals surface area (Å²) < 4.78 is 19.5. The Bertz CT molecular complexity index is 696. The van der Waals surface area contributed by atoms with Gasteiger partial charge in [-0.2, -0.15) is 0 Å². The molecule has 0 aliphatic carbocycles. The normalized spacial score (nSPS) is 17.3. The van der Waals surface area contributed by atoms with E-state index in [9.17, 15) is 9.18 Å². The first-order chi connectivity index (χ1) is 12.2. The molecule has 132 valence electrons. The lowest BCUT2D eigenvalue weighted by Gasteiger charge is -2.32. The molecule has 2 aromatic rings. The number of nitrogens with one attached hydrogen (secondary N) is 1. The zero-order valence-electron chi connectivity index (χ0n) is 14.0. The molecule has 2 amide bonds. The molecule has 0 radical (unpaired) electrons. The van der Waals surface area contributed by atoms with Gasteiger partial charge in [0, 0.05) is 31.4 Å². The fourth-order valence-electron chi connectivity index (χ4n) is 2.87. The predicted molar refractivity (Wildman–Crippen MR) is 92.3 cm³/mol. The van der Waals surface area contributed by atoms with Crippen molar-refractivity contribution in [1.29, 1.82) is 0 Å². The lowest BCUT2D eigenvalue weighted by atomic mass is 10.1. The zero-order chi connectivity index (χ0) is 17.5. The van der Waals surface area contributed by atoms with E-state index in [1.54, 1.807) is 29.3 Å². The number of ether oxygens (including phenoxy) is 1. The lowest BCUT2D eigenvalue weighted by Crippen LogP contribution is -2.47. The van der Waals surface area contributed by atoms with Crippen LogP contribution in [0.2, 0.25) is 0 Å². The van der Waals surface area contributed by atoms with E-state index in [1.807, 2.05) is 18.2 Å². The van der Waals surface area contributed by atoms with Crippen molar-refractivity contribution >= 4 is 6.03 Å². The number of halogens is 1. The smallest absolute Gasteiger partial charge is 0.317 e. The molecule has 1 N–H and O–H groups in total. The molecule has 1 fully saturated rings. The number of urea groups is 1. The Balaban J connectivity index is 1.47. The van der Waals surface area contributed by atoms with Crippen LogP contribution in [0.5, 0.6) is 0 Å². The molecule has 2 heterocycles. The van der Waals surface area contributed by atoms with Crippen LogP contribution >= 0.6 is 0 Å². The molecule has 1 aromatic heterocycles. The second-order valence-electron chi connectivity index (χ2n) is 6.09. The van der Waals surface area contributed by atoms with Crippen LogP contribution < -0.4 is 5.32 Å². The number of carbonyl (C=O) groups excluding carboxylic acids is 1. The molecule has 6 heteroatoms. The highest BCUT2D eigenvalue weighted by atomic mass is 19.1. The number of benzene rings is 1. The number of aromatic nitrogens is 1. The van der Waals surface area contributed by atoms with Gasteiger partial charge in [-0.15, -0.1) is 0 Å². The largest absolute Gasteiger partial charge is 0.370 e. The monoisotopic (exact) mass is 343 g/mol. The van der Waals surface area contributed by atoms with Crippen molar-refractivity contribution in [1.82, 2.24) is 15.2 Å². The Morgan fingerprint density at radius 2 is 2.12 bits per heavy atom. The molecule has 0 bridgehead atoms. The average molecular weight is 343 g/mol. The van der Waals surface area contributed by atoms with Crippen molar-refractivity contribution in [3.8, 4) is 0 Å². The van der Waals surface area contributed by atoms with Crippen molar-refractivity contribution in [3.63, 3.8) is 0 Å². The van der Waals surface area contributed by atoms with Gasteiger partial charge in [-0.1, -0.05) is 24.3 Å². The quantitative estimate of drug-likeness (QED) is 0.907. The van der Waals surface area contributed by atoms with Crippen molar-refractivity contribution in [2.45, 2.75) is 32.1 Å². The van der Waals surface area contributed by atoms with Gasteiger partial charge in [-0.25, -0.2) is 9.18 Å². The Kier molecular flexibility index (Phi) is 5.95. The van der Waals surface area contributed by atoms with E-state index < -0.39 is 0 Å². The van der Waals surface area contributed by atoms with Gasteiger partial charge in [0.1, 0.15) is 5.82 Å². The topological polar surface area (TPSA) is 54.5 Å². The third kappa shape index (κ3) is 5.00. The number of amides is 2. The van der Waals surface area contributed by atoms with Gasteiger partial charge in [0.25, 0.3) is 0 Å². The van der Waals surface area contributed by atoms with Crippen LogP contribution in [-0.2, 0) is 17.9 Å². The number of nitrogens with zero attached hydrogens (tertiary/aromatic N) is 2. The van der Waals surface area contributed by atoms with Crippen LogP contribution in [0.25, 0.3) is 0 Å². The van der Waals surface area contributed by atoms with Crippen LogP contribution in [0.1, 0.15) is 24.1 Å². The Hall–Kier alpha value is -2.47. The molecule has 5 nitrogen and oxygen atoms in total. The molecule has 0 saturated carbocycles. The maximum Gasteiger partial charge on any atom is 0.317 e. The summed E-state index contributed by atoms with van der Waals surface area (Å²) in [6.45, 7) is 1.85. The summed E-state index contributed by atoms with van der Waals surface area (Å²) in [6, 6.07) is 12.0. The lowest BCUT2D eigenvalue weighted by molar-refractivity contribution is -0.00168. The molecule has 1 aromatic carbocycles. The summed E-state index contributed by atoms with van der Waals surface area (Å²) in [6.07, 6.45) is 3.54. The van der Waals surface area contributed by atoms with E-state index in [0.717, 1.165) is 18.5 Å². The molecular weight excluding hydrogens is 321 g/mol. The van der Waals surface area contributed by atoms with E-state index >= 15 is 0 Å². The van der Waals surface area contributed by atoms with Crippen molar-refractivity contribution in [3.05, 3.63) is 65.7 Å². The summed E-state index contributed by atoms with van der Waals surface area (Å²) in [5.74, 6) is -0.307. The maximum atomic E-state index is 13.6. The Morgan fingerprint density at radius 1 is 1.28 bits per heavy atom. The minimum absolute atomic E-state index is 0.00466. The molecular formula is C19H22FN3O2. The number of hydrogen-bond donors (Lipinski definition) is 1. The second-order valence-corrected chi connectivity index (χ2v) is 6.09. The van der Waals surface area contributed by atoms with E-state index in [1.165, 1.54) is 6.07 Å². The zero-order valence-corrected chi connectivity index (χ0v) is 14.0. The highest BCUT2D eigenvalue weighted by Gasteiger charge is 2.24. The number of carbonyl (C=O) groups is 1. The van der Waals surface area contributed by atoms with E-state index in [0.29, 0.717) is 25.3 Å². The van der Waals surface area contributed by atoms with Crippen LogP contribution in [0.4, 0.5) is 9.18 Å². The molecule has 0 spiro atoms. The van der Waals surface area contributed by atoms with Crippen molar-refractivity contribution in [2.75, 3.05) is 13.1 Å². The van der Waals surface area contributed by atoms with Gasteiger partial charge in [0.05, 0.1) is 18.4 Å². The average Bonchev–Trinajstić information content (AvgIpc) is 2.66. The summed E-state index contributed by atoms with van der Waals surface area (Å²) in [4.78, 5) is 18.3. The first-order valence-corrected chi connectivity index (χ1v) is 8.50. The van der Waals surface area contributed by atoms with Gasteiger partial charge < -0.3 is 15.0 Å². The Labute approximate surface area is 146 Å². The van der Waals surface area contributed by atoms with Crippen LogP contribution in [-0.4, -0.2) is 35.1 Å². The van der Waals surface area contributed by atoms with Gasteiger partial charge >= 0.3 is 6.03 Å². The highest BCUT2D eigenvalue weighted by Crippen LogP contribution is 2.15. The van der Waals surface area contributed by atoms with Gasteiger partial charge in [0.2, 0.25) is 0 Å². The Morgan fingerprint density at radius 3 is 2.92 bits per heavy atom. The molecule has 25 heavy (non-hydrogen) atoms. The summed E-state index contributed by atoms with van der Waals surface area (Å²) >= 11 is 0. The van der Waals surface area contributed by atoms with Crippen LogP contribution in [0.15, 0.2) is 48.7 Å². The number of hydrogen-bond acceptors (Lipinski definition) is 3. The molecule has 1 aliphatic rings. The number of rotatable bonds is 5. The fraction of sp³-hybridized carbons (Fsp3) is 0.368. The third-order valence-corrected chi connectivity index (χ3v) is 4.25. The number of likely N-dealkylation sites (tertiary alicyclic amines) is 1. The van der Waals surface area contributed by atoms with E-state index in [4.69, 9.17) is 4.74 Å². The SMILES string of the molecule is O=C(NCc1ccccc1F)N1CCC[C@H](OCc2ccccn2)C1. The maximum absolute atomic E-state index is 13.6. The highest BCUT2D eigenvalue weighted by molar-refractivity contribution is 5.74. The summed E-state index contributed by atoms with van der Waals surface area (Å²) in [7, 11) is 0. The summed E-state index contributed by atoms with van der Waals surface area (Å²) in [5, 5.41) is 2.78. The van der Waals surface area contributed by atoms with Crippen LogP contribution in [0.3, 0.4) is 0 Å². The molecule has 3 rings (SSSR count). The minimum atomic E-state index is -0.307. The molecule has 1 atom stereocenters. The molecule has 1 saturated heterocycles. The van der Waals surface area contributed by atoms with Crippen LogP contribution in [0, 0.1) is 5.82 Å². The van der Waals surface area contributed by atoms with Gasteiger partial charge in [-0.3, -0.25) is 4.98 Å². The summed E-state index contributed by atoms with van der Waals surface area (Å²) in [5.41, 5.74) is 1.36. The molecule has 0 unspecified atom stereocenters. The van der Waals surface area contributed by atoms with E-state index in [-0.39, 0.29) is 24.5 Å². The van der Waals surface area contributed by atoms with E-state index in [2.05, 4.69) is 10.3 Å². The van der Waals surface area contributed by atoms with Gasteiger partial charge in [0.15, 0.2) is 0 Å². The first-order valence-electron chi connectivity index (χ1n) is 8.50. The standard InChI is InChI=1S/C19H22FN3O2/c20-18-9-2-1-6-15(18)12-22-19(24)23-11-5-8-17(13-23)25-14-16-7-3-4-10-21-16/h1-4,6-7,9-10,17H,5,8,11-14H2,(H,22,24)/t17-/m0/s1. The van der Waals surface area contributed by atoms with Gasteiger partial charge in [-0.05, 0) is 31.0 Å². The fourth-order valence-corrected chi connectivity index (χ4v) is 2.87. The molecule has 1 aliphatic heterocycles. The second kappa shape index (κ2) is 8.58.